The number of carbonyl (C=O) groups excluding carboxylic acids is 1. The summed E-state index contributed by atoms with van der Waals surface area (Å²) >= 11 is 0. The maximum atomic E-state index is 12.8. The second-order valence-corrected chi connectivity index (χ2v) is 8.85. The monoisotopic (exact) mass is 432 g/mol. The molecule has 3 heterocycles. The van der Waals surface area contributed by atoms with Crippen LogP contribution in [0.2, 0.25) is 0 Å². The summed E-state index contributed by atoms with van der Waals surface area (Å²) in [6.07, 6.45) is 6.26. The lowest BCUT2D eigenvalue weighted by Gasteiger charge is -2.39. The van der Waals surface area contributed by atoms with Gasteiger partial charge >= 0.3 is 0 Å². The van der Waals surface area contributed by atoms with Crippen molar-refractivity contribution in [1.29, 1.82) is 0 Å². The van der Waals surface area contributed by atoms with E-state index >= 15 is 0 Å². The molecule has 2 atom stereocenters. The van der Waals surface area contributed by atoms with Crippen molar-refractivity contribution >= 4 is 11.9 Å². The van der Waals surface area contributed by atoms with E-state index < -0.39 is 0 Å². The quantitative estimate of drug-likeness (QED) is 0.503. The maximum absolute atomic E-state index is 12.8. The molecule has 31 heavy (non-hydrogen) atoms. The van der Waals surface area contributed by atoms with Gasteiger partial charge in [0.15, 0.2) is 5.96 Å². The van der Waals surface area contributed by atoms with Crippen LogP contribution in [0.5, 0.6) is 0 Å². The molecule has 0 aromatic carbocycles. The number of aryl methyl sites for hydroxylation is 1. The molecular formula is C22H40N8O. The fraction of sp³-hybridized carbons (Fsp3) is 0.773. The van der Waals surface area contributed by atoms with Crippen molar-refractivity contribution in [3.8, 4) is 0 Å². The van der Waals surface area contributed by atoms with Gasteiger partial charge in [0.2, 0.25) is 5.91 Å². The van der Waals surface area contributed by atoms with Gasteiger partial charge < -0.3 is 20.0 Å². The Morgan fingerprint density at radius 3 is 2.39 bits per heavy atom. The molecule has 174 valence electrons. The Morgan fingerprint density at radius 2 is 1.84 bits per heavy atom. The molecule has 9 heteroatoms. The number of guanidine groups is 1. The van der Waals surface area contributed by atoms with Crippen LogP contribution in [0.3, 0.4) is 0 Å². The van der Waals surface area contributed by atoms with E-state index in [0.29, 0.717) is 6.54 Å². The van der Waals surface area contributed by atoms with Crippen molar-refractivity contribution in [3.63, 3.8) is 0 Å². The van der Waals surface area contributed by atoms with Gasteiger partial charge in [-0.25, -0.2) is 0 Å². The molecule has 1 aromatic rings. The predicted molar refractivity (Wildman–Crippen MR) is 124 cm³/mol. The number of piperazine rings is 1. The van der Waals surface area contributed by atoms with Crippen molar-refractivity contribution in [2.45, 2.75) is 38.8 Å². The minimum absolute atomic E-state index is 0.0384. The van der Waals surface area contributed by atoms with Crippen molar-refractivity contribution in [1.82, 2.24) is 34.7 Å². The van der Waals surface area contributed by atoms with Crippen LogP contribution in [0.25, 0.3) is 0 Å². The average Bonchev–Trinajstić information content (AvgIpc) is 3.44. The normalized spacial score (nSPS) is 20.4. The summed E-state index contributed by atoms with van der Waals surface area (Å²) in [6, 6.07) is 0.144. The summed E-state index contributed by atoms with van der Waals surface area (Å²) in [7, 11) is 6.10. The fourth-order valence-corrected chi connectivity index (χ4v) is 4.46. The van der Waals surface area contributed by atoms with Crippen LogP contribution in [0.4, 0.5) is 0 Å². The zero-order valence-corrected chi connectivity index (χ0v) is 19.9. The fourth-order valence-electron chi connectivity index (χ4n) is 4.46. The molecule has 2 saturated heterocycles. The van der Waals surface area contributed by atoms with Gasteiger partial charge in [0, 0.05) is 64.6 Å². The van der Waals surface area contributed by atoms with Gasteiger partial charge in [-0.15, -0.1) is 0 Å². The Balaban J connectivity index is 1.59. The van der Waals surface area contributed by atoms with E-state index in [1.807, 2.05) is 22.8 Å². The highest BCUT2D eigenvalue weighted by atomic mass is 16.2. The molecule has 0 aliphatic carbocycles. The zero-order valence-electron chi connectivity index (χ0n) is 19.9. The van der Waals surface area contributed by atoms with Gasteiger partial charge in [-0.2, -0.15) is 5.10 Å². The highest BCUT2D eigenvalue weighted by Crippen LogP contribution is 2.18. The van der Waals surface area contributed by atoms with E-state index in [2.05, 4.69) is 59.3 Å². The van der Waals surface area contributed by atoms with E-state index in [1.165, 1.54) is 5.56 Å². The second kappa shape index (κ2) is 10.9. The first-order valence-corrected chi connectivity index (χ1v) is 11.6. The number of likely N-dealkylation sites (tertiary alicyclic amines) is 1. The third kappa shape index (κ3) is 5.98. The molecule has 2 unspecified atom stereocenters. The predicted octanol–water partition coefficient (Wildman–Crippen LogP) is 0.617. The molecule has 2 fully saturated rings. The molecule has 1 amide bonds. The smallest absolute Gasteiger partial charge is 0.239 e. The van der Waals surface area contributed by atoms with Gasteiger partial charge in [0.05, 0.1) is 24.8 Å². The van der Waals surface area contributed by atoms with Gasteiger partial charge in [0.1, 0.15) is 0 Å². The van der Waals surface area contributed by atoms with Crippen LogP contribution in [0, 0.1) is 0 Å². The van der Waals surface area contributed by atoms with Crippen LogP contribution in [-0.4, -0.2) is 114 Å². The summed E-state index contributed by atoms with van der Waals surface area (Å²) in [5, 5.41) is 7.78. The average molecular weight is 433 g/mol. The summed E-state index contributed by atoms with van der Waals surface area (Å²) in [5.74, 6) is 1.24. The lowest BCUT2D eigenvalue weighted by Crippen LogP contribution is -2.57. The first-order chi connectivity index (χ1) is 14.9. The van der Waals surface area contributed by atoms with Gasteiger partial charge in [0.25, 0.3) is 0 Å². The molecular weight excluding hydrogens is 392 g/mol. The summed E-state index contributed by atoms with van der Waals surface area (Å²) < 4.78 is 1.84. The number of amides is 1. The largest absolute Gasteiger partial charge is 0.357 e. The summed E-state index contributed by atoms with van der Waals surface area (Å²) in [5.41, 5.74) is 1.17. The van der Waals surface area contributed by atoms with E-state index in [4.69, 9.17) is 4.99 Å². The number of aliphatic imine (C=N–C) groups is 1. The van der Waals surface area contributed by atoms with Gasteiger partial charge in [-0.05, 0) is 40.8 Å². The minimum atomic E-state index is -0.0384. The first-order valence-electron chi connectivity index (χ1n) is 11.6. The SMILES string of the molecule is CCNC(=NCC(c1cnn(C)c1)N(C)C)N1CCN(C(C)C(=O)N2CCCC2)CC1. The van der Waals surface area contributed by atoms with Crippen LogP contribution in [-0.2, 0) is 11.8 Å². The first kappa shape index (κ1) is 23.5. The number of nitrogens with one attached hydrogen (secondary N) is 1. The third-order valence-electron chi connectivity index (χ3n) is 6.42. The van der Waals surface area contributed by atoms with E-state index in [9.17, 15) is 4.79 Å². The second-order valence-electron chi connectivity index (χ2n) is 8.85. The minimum Gasteiger partial charge on any atom is -0.357 e. The molecule has 0 bridgehead atoms. The van der Waals surface area contributed by atoms with E-state index in [1.54, 1.807) is 0 Å². The van der Waals surface area contributed by atoms with E-state index in [0.717, 1.165) is 64.6 Å². The van der Waals surface area contributed by atoms with Crippen molar-refractivity contribution in [2.24, 2.45) is 12.0 Å². The number of aromatic nitrogens is 2. The lowest BCUT2D eigenvalue weighted by atomic mass is 10.1. The Morgan fingerprint density at radius 1 is 1.16 bits per heavy atom. The molecule has 2 aliphatic heterocycles. The number of carbonyl (C=O) groups is 1. The Bertz CT molecular complexity index is 732. The lowest BCUT2D eigenvalue weighted by molar-refractivity contribution is -0.135. The number of hydrogen-bond donors (Lipinski definition) is 1. The highest BCUT2D eigenvalue weighted by Gasteiger charge is 2.30. The summed E-state index contributed by atoms with van der Waals surface area (Å²) in [4.78, 5) is 26.6. The zero-order chi connectivity index (χ0) is 22.4. The Kier molecular flexibility index (Phi) is 8.31. The topological polar surface area (TPSA) is 72.2 Å². The number of rotatable bonds is 7. The van der Waals surface area contributed by atoms with Crippen molar-refractivity contribution < 1.29 is 4.79 Å². The molecule has 0 radical (unpaired) electrons. The number of nitrogens with zero attached hydrogens (tertiary/aromatic N) is 7. The third-order valence-corrected chi connectivity index (χ3v) is 6.42. The molecule has 2 aliphatic rings. The van der Waals surface area contributed by atoms with Gasteiger partial charge in [-0.1, -0.05) is 0 Å². The number of likely N-dealkylation sites (N-methyl/N-ethyl adjacent to an activating group) is 1. The molecule has 1 aromatic heterocycles. The van der Waals surface area contributed by atoms with Crippen LogP contribution < -0.4 is 5.32 Å². The molecule has 1 N–H and O–H groups in total. The van der Waals surface area contributed by atoms with E-state index in [-0.39, 0.29) is 18.0 Å². The van der Waals surface area contributed by atoms with Crippen molar-refractivity contribution in [2.75, 3.05) is 66.5 Å². The molecule has 3 rings (SSSR count). The Hall–Kier alpha value is -2.13. The molecule has 0 saturated carbocycles. The summed E-state index contributed by atoms with van der Waals surface area (Å²) in [6.45, 7) is 11.0. The van der Waals surface area contributed by atoms with Crippen LogP contribution in [0.1, 0.15) is 38.3 Å². The van der Waals surface area contributed by atoms with Crippen molar-refractivity contribution in [3.05, 3.63) is 18.0 Å². The van der Waals surface area contributed by atoms with Crippen LogP contribution in [0.15, 0.2) is 17.4 Å². The standard InChI is InChI=1S/C22H40N8O/c1-6-23-22(24-16-20(26(3)4)19-15-25-27(5)17-19)30-13-11-28(12-14-30)18(2)21(31)29-9-7-8-10-29/h15,17-18,20H,6-14,16H2,1-5H3,(H,23,24). The molecule has 0 spiro atoms. The Labute approximate surface area is 187 Å². The number of hydrogen-bond acceptors (Lipinski definition) is 5. The molecule has 9 nitrogen and oxygen atoms in total. The van der Waals surface area contributed by atoms with Gasteiger partial charge in [-0.3, -0.25) is 19.4 Å². The highest BCUT2D eigenvalue weighted by molar-refractivity contribution is 5.82. The maximum Gasteiger partial charge on any atom is 0.239 e. The van der Waals surface area contributed by atoms with Crippen LogP contribution >= 0.6 is 0 Å².